The van der Waals surface area contributed by atoms with Crippen molar-refractivity contribution in [3.8, 4) is 5.75 Å². The van der Waals surface area contributed by atoms with E-state index in [1.807, 2.05) is 18.2 Å². The molecule has 2 aromatic rings. The third-order valence-electron chi connectivity index (χ3n) is 5.73. The van der Waals surface area contributed by atoms with Gasteiger partial charge in [-0.3, -0.25) is 4.90 Å². The number of para-hydroxylation sites is 1. The Morgan fingerprint density at radius 3 is 2.52 bits per heavy atom. The van der Waals surface area contributed by atoms with Gasteiger partial charge in [-0.05, 0) is 48.6 Å². The van der Waals surface area contributed by atoms with Crippen LogP contribution in [0.1, 0.15) is 29.5 Å². The molecule has 144 valence electrons. The van der Waals surface area contributed by atoms with Gasteiger partial charge in [-0.2, -0.15) is 13.2 Å². The zero-order chi connectivity index (χ0) is 19.1. The van der Waals surface area contributed by atoms with Crippen molar-refractivity contribution in [3.05, 3.63) is 65.2 Å². The van der Waals surface area contributed by atoms with Gasteiger partial charge < -0.3 is 9.84 Å². The third kappa shape index (κ3) is 3.69. The standard InChI is InChI=1S/C21H22F3NO2/c22-21(23,24)17-6-3-5-16(13-17)20(26)8-10-25(11-9-20)18-12-15-4-1-2-7-19(15)27-14-18/h1-7,13,18,26H,8-12,14H2/t18-/m1/s1. The molecule has 2 heterocycles. The molecule has 0 aliphatic carbocycles. The van der Waals surface area contributed by atoms with Crippen molar-refractivity contribution < 1.29 is 23.0 Å². The number of benzene rings is 2. The molecule has 0 spiro atoms. The Labute approximate surface area is 156 Å². The molecule has 0 unspecified atom stereocenters. The first-order chi connectivity index (χ1) is 12.9. The van der Waals surface area contributed by atoms with Crippen LogP contribution in [0, 0.1) is 0 Å². The molecule has 1 fully saturated rings. The minimum Gasteiger partial charge on any atom is -0.492 e. The van der Waals surface area contributed by atoms with E-state index >= 15 is 0 Å². The van der Waals surface area contributed by atoms with Crippen molar-refractivity contribution in [2.24, 2.45) is 0 Å². The van der Waals surface area contributed by atoms with Crippen molar-refractivity contribution in [1.29, 1.82) is 0 Å². The molecule has 1 atom stereocenters. The van der Waals surface area contributed by atoms with Crippen LogP contribution in [0.15, 0.2) is 48.5 Å². The number of alkyl halides is 3. The van der Waals surface area contributed by atoms with Crippen LogP contribution in [-0.4, -0.2) is 35.7 Å². The van der Waals surface area contributed by atoms with E-state index in [9.17, 15) is 18.3 Å². The number of fused-ring (bicyclic) bond motifs is 1. The van der Waals surface area contributed by atoms with Gasteiger partial charge in [0.15, 0.2) is 0 Å². The van der Waals surface area contributed by atoms with Gasteiger partial charge in [-0.15, -0.1) is 0 Å². The normalized spacial score (nSPS) is 22.7. The lowest BCUT2D eigenvalue weighted by molar-refractivity contribution is -0.137. The number of likely N-dealkylation sites (tertiary alicyclic amines) is 1. The molecular formula is C21H22F3NO2. The first-order valence-electron chi connectivity index (χ1n) is 9.20. The van der Waals surface area contributed by atoms with E-state index in [0.29, 0.717) is 38.1 Å². The summed E-state index contributed by atoms with van der Waals surface area (Å²) in [4.78, 5) is 2.28. The highest BCUT2D eigenvalue weighted by atomic mass is 19.4. The lowest BCUT2D eigenvalue weighted by atomic mass is 9.83. The molecule has 3 nitrogen and oxygen atoms in total. The molecule has 4 rings (SSSR count). The quantitative estimate of drug-likeness (QED) is 0.859. The summed E-state index contributed by atoms with van der Waals surface area (Å²) in [5.74, 6) is 0.922. The van der Waals surface area contributed by atoms with Crippen molar-refractivity contribution >= 4 is 0 Å². The van der Waals surface area contributed by atoms with Crippen LogP contribution in [0.3, 0.4) is 0 Å². The fourth-order valence-corrected chi connectivity index (χ4v) is 4.08. The summed E-state index contributed by atoms with van der Waals surface area (Å²) in [5.41, 5.74) is -0.409. The second-order valence-corrected chi connectivity index (χ2v) is 7.42. The van der Waals surface area contributed by atoms with Gasteiger partial charge in [0.25, 0.3) is 0 Å². The molecular weight excluding hydrogens is 355 g/mol. The van der Waals surface area contributed by atoms with E-state index in [-0.39, 0.29) is 6.04 Å². The Hall–Kier alpha value is -2.05. The minimum absolute atomic E-state index is 0.228. The molecule has 1 N–H and O–H groups in total. The van der Waals surface area contributed by atoms with Crippen LogP contribution in [0.25, 0.3) is 0 Å². The Bertz CT molecular complexity index is 813. The van der Waals surface area contributed by atoms with E-state index in [0.717, 1.165) is 24.3 Å². The molecule has 0 saturated carbocycles. The molecule has 0 radical (unpaired) electrons. The van der Waals surface area contributed by atoms with Crippen molar-refractivity contribution in [1.82, 2.24) is 4.90 Å². The number of halogens is 3. The van der Waals surface area contributed by atoms with Crippen LogP contribution < -0.4 is 4.74 Å². The van der Waals surface area contributed by atoms with Gasteiger partial charge in [0, 0.05) is 19.1 Å². The second kappa shape index (κ2) is 6.84. The van der Waals surface area contributed by atoms with Gasteiger partial charge in [-0.25, -0.2) is 0 Å². The molecule has 27 heavy (non-hydrogen) atoms. The SMILES string of the molecule is OC1(c2cccc(C(F)(F)F)c2)CCN([C@H]2COc3ccccc3C2)CC1. The van der Waals surface area contributed by atoms with Crippen LogP contribution >= 0.6 is 0 Å². The van der Waals surface area contributed by atoms with Crippen LogP contribution in [0.4, 0.5) is 13.2 Å². The number of aliphatic hydroxyl groups is 1. The van der Waals surface area contributed by atoms with Gasteiger partial charge in [-0.1, -0.05) is 30.3 Å². The van der Waals surface area contributed by atoms with E-state index in [4.69, 9.17) is 4.74 Å². The lowest BCUT2D eigenvalue weighted by Crippen LogP contribution is -2.50. The van der Waals surface area contributed by atoms with Crippen molar-refractivity contribution in [2.75, 3.05) is 19.7 Å². The van der Waals surface area contributed by atoms with Crippen LogP contribution in [0.2, 0.25) is 0 Å². The summed E-state index contributed by atoms with van der Waals surface area (Å²) < 4.78 is 44.8. The number of nitrogens with zero attached hydrogens (tertiary/aromatic N) is 1. The smallest absolute Gasteiger partial charge is 0.416 e. The van der Waals surface area contributed by atoms with Crippen LogP contribution in [-0.2, 0) is 18.2 Å². The van der Waals surface area contributed by atoms with Crippen LogP contribution in [0.5, 0.6) is 5.75 Å². The number of ether oxygens (including phenoxy) is 1. The fourth-order valence-electron chi connectivity index (χ4n) is 4.08. The molecule has 2 aliphatic heterocycles. The molecule has 0 amide bonds. The maximum absolute atomic E-state index is 13.0. The first kappa shape index (κ1) is 18.3. The molecule has 0 aromatic heterocycles. The van der Waals surface area contributed by atoms with Crippen molar-refractivity contribution in [3.63, 3.8) is 0 Å². The average molecular weight is 377 g/mol. The number of hydrogen-bond acceptors (Lipinski definition) is 3. The number of piperidine rings is 1. The molecule has 1 saturated heterocycles. The second-order valence-electron chi connectivity index (χ2n) is 7.42. The maximum Gasteiger partial charge on any atom is 0.416 e. The molecule has 2 aliphatic rings. The van der Waals surface area contributed by atoms with Gasteiger partial charge >= 0.3 is 6.18 Å². The largest absolute Gasteiger partial charge is 0.492 e. The predicted octanol–water partition coefficient (Wildman–Crippen LogP) is 3.99. The van der Waals surface area contributed by atoms with Gasteiger partial charge in [0.05, 0.1) is 11.2 Å². The Morgan fingerprint density at radius 2 is 1.78 bits per heavy atom. The third-order valence-corrected chi connectivity index (χ3v) is 5.73. The molecule has 6 heteroatoms. The van der Waals surface area contributed by atoms with E-state index in [1.165, 1.54) is 11.6 Å². The summed E-state index contributed by atoms with van der Waals surface area (Å²) in [6, 6.07) is 13.3. The van der Waals surface area contributed by atoms with E-state index in [1.54, 1.807) is 6.07 Å². The van der Waals surface area contributed by atoms with Gasteiger partial charge in [0.2, 0.25) is 0 Å². The van der Waals surface area contributed by atoms with E-state index < -0.39 is 17.3 Å². The highest BCUT2D eigenvalue weighted by Gasteiger charge is 2.39. The fraction of sp³-hybridized carbons (Fsp3) is 0.429. The molecule has 2 aromatic carbocycles. The average Bonchev–Trinajstić information content (AvgIpc) is 2.68. The lowest BCUT2D eigenvalue weighted by Gasteiger charge is -2.43. The van der Waals surface area contributed by atoms with Crippen molar-refractivity contribution in [2.45, 2.75) is 37.1 Å². The summed E-state index contributed by atoms with van der Waals surface area (Å²) in [7, 11) is 0. The summed E-state index contributed by atoms with van der Waals surface area (Å²) in [6.07, 6.45) is -2.70. The maximum atomic E-state index is 13.0. The number of rotatable bonds is 2. The highest BCUT2D eigenvalue weighted by Crippen LogP contribution is 2.38. The predicted molar refractivity (Wildman–Crippen MR) is 95.6 cm³/mol. The Morgan fingerprint density at radius 1 is 1.04 bits per heavy atom. The minimum atomic E-state index is -4.40. The van der Waals surface area contributed by atoms with Gasteiger partial charge in [0.1, 0.15) is 12.4 Å². The first-order valence-corrected chi connectivity index (χ1v) is 9.20. The Kier molecular flexibility index (Phi) is 4.64. The number of hydrogen-bond donors (Lipinski definition) is 1. The zero-order valence-electron chi connectivity index (χ0n) is 14.9. The molecule has 0 bridgehead atoms. The topological polar surface area (TPSA) is 32.7 Å². The monoisotopic (exact) mass is 377 g/mol. The van der Waals surface area contributed by atoms with E-state index in [2.05, 4.69) is 11.0 Å². The Balaban J connectivity index is 1.44. The highest BCUT2D eigenvalue weighted by molar-refractivity contribution is 5.36. The zero-order valence-corrected chi connectivity index (χ0v) is 14.9. The summed E-state index contributed by atoms with van der Waals surface area (Å²) in [6.45, 7) is 1.85. The summed E-state index contributed by atoms with van der Waals surface area (Å²) >= 11 is 0. The summed E-state index contributed by atoms with van der Waals surface area (Å²) in [5, 5.41) is 11.0.